The highest BCUT2D eigenvalue weighted by atomic mass is 31.2. The maximum absolute atomic E-state index is 12.4. The Balaban J connectivity index is 2.96. The Labute approximate surface area is 125 Å². The average molecular weight is 315 g/mol. The number of hydrogen-bond donors (Lipinski definition) is 0. The zero-order valence-electron chi connectivity index (χ0n) is 12.7. The van der Waals surface area contributed by atoms with Gasteiger partial charge >= 0.3 is 7.82 Å². The number of phosphoric acid groups is 1. The van der Waals surface area contributed by atoms with E-state index in [1.165, 1.54) is 0 Å². The second-order valence-electron chi connectivity index (χ2n) is 3.97. The van der Waals surface area contributed by atoms with Gasteiger partial charge in [-0.1, -0.05) is 25.1 Å². The summed E-state index contributed by atoms with van der Waals surface area (Å²) >= 11 is 0. The SMILES string of the molecule is CCCON=C(OP(=O)(OCC)OCC)c1ccccc1. The number of benzene rings is 1. The number of rotatable bonds is 9. The molecule has 0 radical (unpaired) electrons. The van der Waals surface area contributed by atoms with Crippen molar-refractivity contribution in [1.82, 2.24) is 0 Å². The van der Waals surface area contributed by atoms with Gasteiger partial charge in [-0.3, -0.25) is 9.05 Å². The molecule has 0 N–H and O–H groups in total. The minimum atomic E-state index is -3.70. The molecule has 0 spiro atoms. The Bertz CT molecular complexity index is 468. The maximum atomic E-state index is 12.4. The first-order chi connectivity index (χ1) is 10.1. The second-order valence-corrected chi connectivity index (χ2v) is 5.56. The van der Waals surface area contributed by atoms with E-state index in [1.54, 1.807) is 26.0 Å². The Hall–Kier alpha value is -1.36. The van der Waals surface area contributed by atoms with Crippen LogP contribution in [0.4, 0.5) is 0 Å². The van der Waals surface area contributed by atoms with Crippen LogP contribution in [0.15, 0.2) is 35.5 Å². The van der Waals surface area contributed by atoms with Crippen LogP contribution in [-0.2, 0) is 23.0 Å². The maximum Gasteiger partial charge on any atom is 0.531 e. The summed E-state index contributed by atoms with van der Waals surface area (Å²) < 4.78 is 28.0. The van der Waals surface area contributed by atoms with Crippen LogP contribution in [0.3, 0.4) is 0 Å². The minimum Gasteiger partial charge on any atom is -0.393 e. The van der Waals surface area contributed by atoms with E-state index in [2.05, 4.69) is 5.16 Å². The first kappa shape index (κ1) is 17.7. The van der Waals surface area contributed by atoms with Crippen molar-refractivity contribution in [3.63, 3.8) is 0 Å². The van der Waals surface area contributed by atoms with E-state index in [9.17, 15) is 4.57 Å². The normalized spacial score (nSPS) is 12.2. The summed E-state index contributed by atoms with van der Waals surface area (Å²) in [4.78, 5) is 5.13. The summed E-state index contributed by atoms with van der Waals surface area (Å²) in [6.07, 6.45) is 0.806. The molecule has 7 heteroatoms. The molecule has 0 bridgehead atoms. The molecule has 0 heterocycles. The third kappa shape index (κ3) is 6.29. The molecule has 0 aliphatic carbocycles. The lowest BCUT2D eigenvalue weighted by molar-refractivity contribution is 0.130. The molecule has 1 rings (SSSR count). The quantitative estimate of drug-likeness (QED) is 0.227. The van der Waals surface area contributed by atoms with E-state index in [0.717, 1.165) is 6.42 Å². The van der Waals surface area contributed by atoms with Crippen molar-refractivity contribution in [2.45, 2.75) is 27.2 Å². The van der Waals surface area contributed by atoms with E-state index in [-0.39, 0.29) is 19.1 Å². The molecule has 1 aromatic carbocycles. The Morgan fingerprint density at radius 3 is 2.24 bits per heavy atom. The number of phosphoric ester groups is 1. The molecule has 0 atom stereocenters. The third-order valence-electron chi connectivity index (χ3n) is 2.24. The van der Waals surface area contributed by atoms with Crippen molar-refractivity contribution in [1.29, 1.82) is 0 Å². The topological polar surface area (TPSA) is 66.4 Å². The van der Waals surface area contributed by atoms with Gasteiger partial charge in [-0.15, -0.1) is 0 Å². The van der Waals surface area contributed by atoms with Crippen LogP contribution in [0.2, 0.25) is 0 Å². The van der Waals surface area contributed by atoms with Crippen LogP contribution < -0.4 is 0 Å². The highest BCUT2D eigenvalue weighted by molar-refractivity contribution is 7.49. The molecule has 0 aromatic heterocycles. The molecule has 6 nitrogen and oxygen atoms in total. The van der Waals surface area contributed by atoms with Gasteiger partial charge in [-0.05, 0) is 37.6 Å². The van der Waals surface area contributed by atoms with Gasteiger partial charge in [0.25, 0.3) is 5.90 Å². The molecule has 0 aliphatic heterocycles. The summed E-state index contributed by atoms with van der Waals surface area (Å²) in [6.45, 7) is 6.23. The van der Waals surface area contributed by atoms with Gasteiger partial charge in [-0.2, -0.15) is 0 Å². The van der Waals surface area contributed by atoms with Gasteiger partial charge in [0.15, 0.2) is 0 Å². The van der Waals surface area contributed by atoms with E-state index >= 15 is 0 Å². The van der Waals surface area contributed by atoms with Crippen molar-refractivity contribution in [2.24, 2.45) is 5.16 Å². The van der Waals surface area contributed by atoms with E-state index in [1.807, 2.05) is 25.1 Å². The fourth-order valence-electron chi connectivity index (χ4n) is 1.41. The zero-order chi connectivity index (χ0) is 15.6. The van der Waals surface area contributed by atoms with E-state index < -0.39 is 7.82 Å². The van der Waals surface area contributed by atoms with Gasteiger partial charge in [0, 0.05) is 5.56 Å². The van der Waals surface area contributed by atoms with Gasteiger partial charge in [-0.25, -0.2) is 4.57 Å². The van der Waals surface area contributed by atoms with Crippen LogP contribution in [0, 0.1) is 0 Å². The Morgan fingerprint density at radius 1 is 1.10 bits per heavy atom. The van der Waals surface area contributed by atoms with Crippen molar-refractivity contribution in [3.8, 4) is 0 Å². The van der Waals surface area contributed by atoms with Gasteiger partial charge in [0.2, 0.25) is 0 Å². The van der Waals surface area contributed by atoms with Crippen LogP contribution in [0.5, 0.6) is 0 Å². The lowest BCUT2D eigenvalue weighted by Gasteiger charge is -2.17. The lowest BCUT2D eigenvalue weighted by atomic mass is 10.2. The van der Waals surface area contributed by atoms with Crippen molar-refractivity contribution >= 4 is 13.7 Å². The van der Waals surface area contributed by atoms with Crippen molar-refractivity contribution in [2.75, 3.05) is 19.8 Å². The standard InChI is InChI=1S/C14H22NO5P/c1-4-12-17-15-14(13-10-8-7-9-11-13)20-21(16,18-5-2)19-6-3/h7-11H,4-6,12H2,1-3H3. The first-order valence-corrected chi connectivity index (χ1v) is 8.45. The zero-order valence-corrected chi connectivity index (χ0v) is 13.5. The highest BCUT2D eigenvalue weighted by Gasteiger charge is 2.30. The molecule has 0 fully saturated rings. The minimum absolute atomic E-state index is 0.0780. The van der Waals surface area contributed by atoms with Crippen LogP contribution in [0.1, 0.15) is 32.8 Å². The molecular weight excluding hydrogens is 293 g/mol. The number of oxime groups is 1. The molecule has 0 aliphatic rings. The predicted molar refractivity (Wildman–Crippen MR) is 81.2 cm³/mol. The fourth-order valence-corrected chi connectivity index (χ4v) is 2.57. The molecule has 21 heavy (non-hydrogen) atoms. The van der Waals surface area contributed by atoms with Gasteiger partial charge in [0.1, 0.15) is 6.61 Å². The van der Waals surface area contributed by atoms with E-state index in [4.69, 9.17) is 18.4 Å². The monoisotopic (exact) mass is 315 g/mol. The predicted octanol–water partition coefficient (Wildman–Crippen LogP) is 3.97. The third-order valence-corrected chi connectivity index (χ3v) is 3.78. The summed E-state index contributed by atoms with van der Waals surface area (Å²) in [5.74, 6) is 0.0780. The van der Waals surface area contributed by atoms with Gasteiger partial charge < -0.3 is 9.36 Å². The highest BCUT2D eigenvalue weighted by Crippen LogP contribution is 2.50. The summed E-state index contributed by atoms with van der Waals surface area (Å²) in [7, 11) is -3.70. The lowest BCUT2D eigenvalue weighted by Crippen LogP contribution is -2.10. The van der Waals surface area contributed by atoms with Crippen LogP contribution in [0.25, 0.3) is 0 Å². The molecule has 118 valence electrons. The molecule has 0 saturated carbocycles. The molecular formula is C14H22NO5P. The first-order valence-electron chi connectivity index (χ1n) is 6.99. The van der Waals surface area contributed by atoms with Crippen molar-refractivity contribution < 1.29 is 23.0 Å². The van der Waals surface area contributed by atoms with E-state index in [0.29, 0.717) is 12.2 Å². The number of nitrogens with zero attached hydrogens (tertiary/aromatic N) is 1. The molecule has 0 saturated heterocycles. The second kappa shape index (κ2) is 9.55. The molecule has 0 amide bonds. The molecule has 0 unspecified atom stereocenters. The van der Waals surface area contributed by atoms with Crippen LogP contribution >= 0.6 is 7.82 Å². The molecule has 1 aromatic rings. The summed E-state index contributed by atoms with van der Waals surface area (Å²) in [6, 6.07) is 9.05. The van der Waals surface area contributed by atoms with Gasteiger partial charge in [0.05, 0.1) is 13.2 Å². The largest absolute Gasteiger partial charge is 0.531 e. The van der Waals surface area contributed by atoms with Crippen molar-refractivity contribution in [3.05, 3.63) is 35.9 Å². The fraction of sp³-hybridized carbons (Fsp3) is 0.500. The number of hydrogen-bond acceptors (Lipinski definition) is 6. The summed E-state index contributed by atoms with van der Waals surface area (Å²) in [5.41, 5.74) is 0.633. The average Bonchev–Trinajstić information content (AvgIpc) is 2.48. The van der Waals surface area contributed by atoms with Crippen LogP contribution in [-0.4, -0.2) is 25.7 Å². The Kier molecular flexibility index (Phi) is 8.05. The Morgan fingerprint density at radius 2 is 1.71 bits per heavy atom. The smallest absolute Gasteiger partial charge is 0.393 e. The summed E-state index contributed by atoms with van der Waals surface area (Å²) in [5, 5.41) is 3.90.